The van der Waals surface area contributed by atoms with Crippen LogP contribution in [-0.2, 0) is 19.4 Å². The van der Waals surface area contributed by atoms with E-state index in [1.807, 2.05) is 62.1 Å². The Labute approximate surface area is 207 Å². The van der Waals surface area contributed by atoms with Crippen LogP contribution in [0.4, 0.5) is 0 Å². The van der Waals surface area contributed by atoms with E-state index in [9.17, 15) is 9.90 Å². The third-order valence-corrected chi connectivity index (χ3v) is 9.48. The summed E-state index contributed by atoms with van der Waals surface area (Å²) < 4.78 is 12.5. The lowest BCUT2D eigenvalue weighted by atomic mass is 9.71. The molecule has 0 saturated carbocycles. The van der Waals surface area contributed by atoms with Crippen LogP contribution in [0.1, 0.15) is 62.4 Å². The van der Waals surface area contributed by atoms with Crippen LogP contribution in [0.5, 0.6) is 0 Å². The molecule has 0 bridgehead atoms. The molecule has 0 spiro atoms. The minimum atomic E-state index is -1.53. The maximum atomic E-state index is 13.0. The van der Waals surface area contributed by atoms with E-state index in [-0.39, 0.29) is 5.91 Å². The molecule has 2 aromatic rings. The van der Waals surface area contributed by atoms with E-state index >= 15 is 0 Å². The maximum absolute atomic E-state index is 13.0. The van der Waals surface area contributed by atoms with Crippen LogP contribution >= 0.6 is 20.0 Å². The van der Waals surface area contributed by atoms with Crippen molar-refractivity contribution in [3.05, 3.63) is 63.9 Å². The fourth-order valence-corrected chi connectivity index (χ4v) is 7.45. The number of fused-ring (bicyclic) bond motifs is 2. The number of aliphatic hydroxyl groups is 1. The molecule has 1 unspecified atom stereocenters. The van der Waals surface area contributed by atoms with Gasteiger partial charge in [0.1, 0.15) is 5.60 Å². The molecule has 1 aromatic heterocycles. The van der Waals surface area contributed by atoms with Crippen molar-refractivity contribution in [1.29, 1.82) is 0 Å². The lowest BCUT2D eigenvalue weighted by Crippen LogP contribution is -2.58. The summed E-state index contributed by atoms with van der Waals surface area (Å²) >= 11 is 6.37. The average Bonchev–Trinajstić information content (AvgIpc) is 2.98. The van der Waals surface area contributed by atoms with Crippen molar-refractivity contribution < 1.29 is 18.9 Å². The van der Waals surface area contributed by atoms with Crippen molar-refractivity contribution in [2.45, 2.75) is 50.8 Å². The highest BCUT2D eigenvalue weighted by Gasteiger charge is 2.62. The van der Waals surface area contributed by atoms with E-state index in [0.717, 1.165) is 16.7 Å². The van der Waals surface area contributed by atoms with Gasteiger partial charge in [0.15, 0.2) is 8.38 Å². The molecule has 1 atom stereocenters. The van der Waals surface area contributed by atoms with E-state index in [0.29, 0.717) is 56.3 Å². The standard InChI is InChI=1S/C26H32ClN2O4P/c1-4-23(30)29-16-13-25(14-17-29,34(32-5-2)33-6-3)26(31)22-12-11-21(27)18-20(22)10-9-19-8-7-15-28-24(19)26/h7-12,15,18,31H,4-6,13-14,16-17H2,1-3H3. The van der Waals surface area contributed by atoms with Crippen LogP contribution in [0.2, 0.25) is 5.02 Å². The zero-order valence-corrected chi connectivity index (χ0v) is 21.6. The molecule has 6 nitrogen and oxygen atoms in total. The van der Waals surface area contributed by atoms with Crippen molar-refractivity contribution in [2.75, 3.05) is 26.3 Å². The third-order valence-electron chi connectivity index (χ3n) is 6.79. The normalized spacial score (nSPS) is 21.2. The first kappa shape index (κ1) is 25.3. The van der Waals surface area contributed by atoms with Crippen LogP contribution < -0.4 is 0 Å². The van der Waals surface area contributed by atoms with Gasteiger partial charge in [-0.1, -0.05) is 42.8 Å². The smallest absolute Gasteiger partial charge is 0.222 e. The minimum absolute atomic E-state index is 0.117. The largest absolute Gasteiger partial charge is 0.378 e. The highest BCUT2D eigenvalue weighted by molar-refractivity contribution is 7.49. The van der Waals surface area contributed by atoms with Crippen molar-refractivity contribution in [1.82, 2.24) is 9.88 Å². The Hall–Kier alpha value is -1.82. The number of pyridine rings is 1. The molecule has 1 amide bonds. The van der Waals surface area contributed by atoms with Crippen LogP contribution in [0.25, 0.3) is 12.2 Å². The lowest BCUT2D eigenvalue weighted by molar-refractivity contribution is -0.133. The van der Waals surface area contributed by atoms with Gasteiger partial charge in [0.25, 0.3) is 0 Å². The van der Waals surface area contributed by atoms with Gasteiger partial charge in [-0.05, 0) is 61.6 Å². The van der Waals surface area contributed by atoms with Gasteiger partial charge in [-0.3, -0.25) is 9.78 Å². The Bertz CT molecular complexity index is 1060. The molecule has 0 radical (unpaired) electrons. The van der Waals surface area contributed by atoms with Crippen LogP contribution in [0.15, 0.2) is 36.5 Å². The van der Waals surface area contributed by atoms with Gasteiger partial charge in [-0.2, -0.15) is 0 Å². The summed E-state index contributed by atoms with van der Waals surface area (Å²) in [6.07, 6.45) is 7.18. The summed E-state index contributed by atoms with van der Waals surface area (Å²) in [6.45, 7) is 7.72. The molecule has 1 aromatic carbocycles. The molecule has 34 heavy (non-hydrogen) atoms. The fraction of sp³-hybridized carbons (Fsp3) is 0.462. The number of carbonyl (C=O) groups excluding carboxylic acids is 1. The first-order valence-corrected chi connectivity index (χ1v) is 13.5. The number of nitrogens with zero attached hydrogens (tertiary/aromatic N) is 2. The lowest BCUT2D eigenvalue weighted by Gasteiger charge is -2.53. The molecule has 8 heteroatoms. The quantitative estimate of drug-likeness (QED) is 0.498. The predicted molar refractivity (Wildman–Crippen MR) is 137 cm³/mol. The molecule has 1 N–H and O–H groups in total. The number of piperidine rings is 1. The summed E-state index contributed by atoms with van der Waals surface area (Å²) in [5, 5.41) is 12.8. The number of rotatable bonds is 7. The topological polar surface area (TPSA) is 71.9 Å². The first-order valence-electron chi connectivity index (χ1n) is 11.9. The monoisotopic (exact) mass is 502 g/mol. The minimum Gasteiger partial charge on any atom is -0.378 e. The van der Waals surface area contributed by atoms with E-state index < -0.39 is 19.1 Å². The van der Waals surface area contributed by atoms with E-state index in [1.165, 1.54) is 0 Å². The van der Waals surface area contributed by atoms with Crippen molar-refractivity contribution in [3.8, 4) is 0 Å². The predicted octanol–water partition coefficient (Wildman–Crippen LogP) is 5.61. The van der Waals surface area contributed by atoms with Gasteiger partial charge >= 0.3 is 0 Å². The zero-order valence-electron chi connectivity index (χ0n) is 20.0. The van der Waals surface area contributed by atoms with Crippen molar-refractivity contribution in [2.24, 2.45) is 0 Å². The first-order chi connectivity index (χ1) is 16.4. The van der Waals surface area contributed by atoms with Gasteiger partial charge in [0.05, 0.1) is 24.1 Å². The number of benzene rings is 1. The molecule has 1 fully saturated rings. The average molecular weight is 503 g/mol. The molecule has 1 aliphatic heterocycles. The van der Waals surface area contributed by atoms with Gasteiger partial charge in [-0.25, -0.2) is 0 Å². The van der Waals surface area contributed by atoms with E-state index in [1.54, 1.807) is 12.3 Å². The molecule has 1 saturated heterocycles. The van der Waals surface area contributed by atoms with Crippen LogP contribution in [0.3, 0.4) is 0 Å². The van der Waals surface area contributed by atoms with E-state index in [2.05, 4.69) is 0 Å². The second-order valence-electron chi connectivity index (χ2n) is 8.58. The summed E-state index contributed by atoms with van der Waals surface area (Å²) in [5.41, 5.74) is 1.47. The van der Waals surface area contributed by atoms with Crippen LogP contribution in [-0.4, -0.2) is 52.4 Å². The summed E-state index contributed by atoms with van der Waals surface area (Å²) in [5.74, 6) is 0.117. The SMILES string of the molecule is CCOP(OCC)C1(C2(O)c3ccc(Cl)cc3C=Cc3cccnc32)CCN(C(=O)CC)CC1. The number of hydrogen-bond acceptors (Lipinski definition) is 5. The molecule has 4 rings (SSSR count). The zero-order chi connectivity index (χ0) is 24.3. The molecule has 2 aliphatic rings. The van der Waals surface area contributed by atoms with Crippen molar-refractivity contribution >= 4 is 38.0 Å². The van der Waals surface area contributed by atoms with Gasteiger partial charge in [0, 0.05) is 30.7 Å². The Balaban J connectivity index is 1.97. The summed E-state index contributed by atoms with van der Waals surface area (Å²) in [4.78, 5) is 19.1. The maximum Gasteiger partial charge on any atom is 0.222 e. The van der Waals surface area contributed by atoms with Gasteiger partial charge in [-0.15, -0.1) is 0 Å². The van der Waals surface area contributed by atoms with E-state index in [4.69, 9.17) is 25.6 Å². The second-order valence-corrected chi connectivity index (χ2v) is 10.9. The summed E-state index contributed by atoms with van der Waals surface area (Å²) in [6, 6.07) is 9.40. The highest BCUT2D eigenvalue weighted by Crippen LogP contribution is 2.66. The molecule has 1 aliphatic carbocycles. The number of carbonyl (C=O) groups is 1. The molecular formula is C26H32ClN2O4P. The Morgan fingerprint density at radius 3 is 2.44 bits per heavy atom. The fourth-order valence-electron chi connectivity index (χ4n) is 5.18. The second kappa shape index (κ2) is 10.4. The van der Waals surface area contributed by atoms with Gasteiger partial charge in [0.2, 0.25) is 5.91 Å². The third kappa shape index (κ3) is 4.20. The molecular weight excluding hydrogens is 471 g/mol. The Morgan fingerprint density at radius 1 is 1.12 bits per heavy atom. The number of hydrogen-bond donors (Lipinski definition) is 1. The number of halogens is 1. The van der Waals surface area contributed by atoms with Crippen LogP contribution in [0, 0.1) is 0 Å². The molecule has 2 heterocycles. The Kier molecular flexibility index (Phi) is 7.75. The Morgan fingerprint density at radius 2 is 1.79 bits per heavy atom. The number of amides is 1. The van der Waals surface area contributed by atoms with Crippen molar-refractivity contribution in [3.63, 3.8) is 0 Å². The van der Waals surface area contributed by atoms with Gasteiger partial charge < -0.3 is 19.1 Å². The highest BCUT2D eigenvalue weighted by atomic mass is 35.5. The number of likely N-dealkylation sites (tertiary alicyclic amines) is 1. The number of aromatic nitrogens is 1. The molecule has 182 valence electrons. The summed E-state index contributed by atoms with van der Waals surface area (Å²) in [7, 11) is -1.53.